The molecule has 0 saturated heterocycles. The Bertz CT molecular complexity index is 751. The molecule has 2 rings (SSSR count). The first-order valence-corrected chi connectivity index (χ1v) is 10.2. The number of nitrogens with one attached hydrogen (secondary N) is 2. The number of halogens is 1. The average Bonchev–Trinajstić information content (AvgIpc) is 3.09. The number of guanidine groups is 1. The van der Waals surface area contributed by atoms with Crippen LogP contribution in [0.2, 0.25) is 0 Å². The Morgan fingerprint density at radius 2 is 1.93 bits per heavy atom. The predicted molar refractivity (Wildman–Crippen MR) is 127 cm³/mol. The largest absolute Gasteiger partial charge is 0.383 e. The van der Waals surface area contributed by atoms with Crippen molar-refractivity contribution in [1.29, 1.82) is 0 Å². The van der Waals surface area contributed by atoms with Crippen molar-refractivity contribution in [2.45, 2.75) is 54.1 Å². The second-order valence-corrected chi connectivity index (χ2v) is 7.77. The van der Waals surface area contributed by atoms with Crippen molar-refractivity contribution in [2.75, 3.05) is 26.8 Å². The second kappa shape index (κ2) is 12.4. The molecule has 0 aromatic carbocycles. The van der Waals surface area contributed by atoms with Gasteiger partial charge in [-0.2, -0.15) is 5.10 Å². The van der Waals surface area contributed by atoms with E-state index < -0.39 is 0 Å². The van der Waals surface area contributed by atoms with Gasteiger partial charge in [0.05, 0.1) is 36.1 Å². The number of nitrogens with zero attached hydrogens (tertiary/aromatic N) is 4. The topological polar surface area (TPSA) is 76.4 Å². The van der Waals surface area contributed by atoms with Crippen LogP contribution in [0.1, 0.15) is 39.5 Å². The zero-order valence-electron chi connectivity index (χ0n) is 17.8. The highest BCUT2D eigenvalue weighted by Crippen LogP contribution is 2.16. The van der Waals surface area contributed by atoms with E-state index >= 15 is 0 Å². The molecule has 28 heavy (non-hydrogen) atoms. The highest BCUT2D eigenvalue weighted by atomic mass is 127. The number of aromatic nitrogens is 3. The third-order valence-corrected chi connectivity index (χ3v) is 5.61. The van der Waals surface area contributed by atoms with Crippen LogP contribution in [-0.4, -0.2) is 47.5 Å². The molecule has 0 aliphatic heterocycles. The standard InChI is InChI=1S/C19H32N6OS.HI/c1-7-20-19(21-9-8-18-23-13(2)16(5)27-18)22-12-17-14(3)24-25(15(17)4)10-11-26-6;/h7-12H2,1-6H3,(H2,20,21,22);1H. The molecule has 0 amide bonds. The van der Waals surface area contributed by atoms with Crippen molar-refractivity contribution in [2.24, 2.45) is 4.99 Å². The van der Waals surface area contributed by atoms with E-state index in [0.717, 1.165) is 49.1 Å². The molecule has 2 aromatic heterocycles. The molecule has 0 spiro atoms. The van der Waals surface area contributed by atoms with Gasteiger partial charge in [0.2, 0.25) is 0 Å². The van der Waals surface area contributed by atoms with Crippen molar-refractivity contribution in [3.63, 3.8) is 0 Å². The van der Waals surface area contributed by atoms with Crippen molar-refractivity contribution in [3.8, 4) is 0 Å². The van der Waals surface area contributed by atoms with Gasteiger partial charge in [-0.1, -0.05) is 0 Å². The normalized spacial score (nSPS) is 11.4. The first-order valence-electron chi connectivity index (χ1n) is 9.43. The third kappa shape index (κ3) is 7.00. The van der Waals surface area contributed by atoms with Crippen LogP contribution in [0.4, 0.5) is 0 Å². The van der Waals surface area contributed by atoms with Crippen molar-refractivity contribution >= 4 is 41.3 Å². The Balaban J connectivity index is 0.00000392. The Kier molecular flexibility index (Phi) is 11.0. The van der Waals surface area contributed by atoms with E-state index in [9.17, 15) is 0 Å². The van der Waals surface area contributed by atoms with E-state index in [1.165, 1.54) is 15.4 Å². The number of hydrogen-bond donors (Lipinski definition) is 2. The van der Waals surface area contributed by atoms with Crippen LogP contribution in [0.3, 0.4) is 0 Å². The summed E-state index contributed by atoms with van der Waals surface area (Å²) >= 11 is 1.77. The van der Waals surface area contributed by atoms with Crippen molar-refractivity contribution in [1.82, 2.24) is 25.4 Å². The molecule has 7 nitrogen and oxygen atoms in total. The van der Waals surface area contributed by atoms with Gasteiger partial charge in [0.1, 0.15) is 0 Å². The molecule has 0 saturated carbocycles. The van der Waals surface area contributed by atoms with E-state index in [0.29, 0.717) is 13.2 Å². The molecule has 2 aromatic rings. The van der Waals surface area contributed by atoms with Gasteiger partial charge >= 0.3 is 0 Å². The number of hydrogen-bond acceptors (Lipinski definition) is 5. The van der Waals surface area contributed by atoms with E-state index in [1.807, 2.05) is 11.6 Å². The summed E-state index contributed by atoms with van der Waals surface area (Å²) in [5, 5.41) is 12.5. The maximum Gasteiger partial charge on any atom is 0.191 e. The quantitative estimate of drug-likeness (QED) is 0.302. The van der Waals surface area contributed by atoms with Gasteiger partial charge in [0, 0.05) is 42.8 Å². The fourth-order valence-electron chi connectivity index (χ4n) is 2.79. The van der Waals surface area contributed by atoms with Crippen LogP contribution in [0.15, 0.2) is 4.99 Å². The summed E-state index contributed by atoms with van der Waals surface area (Å²) in [5.74, 6) is 0.825. The molecule has 2 heterocycles. The third-order valence-electron chi connectivity index (χ3n) is 4.48. The highest BCUT2D eigenvalue weighted by Gasteiger charge is 2.11. The monoisotopic (exact) mass is 520 g/mol. The molecule has 0 radical (unpaired) electrons. The molecular formula is C19H33IN6OS. The summed E-state index contributed by atoms with van der Waals surface area (Å²) in [5.41, 5.74) is 4.48. The van der Waals surface area contributed by atoms with Crippen molar-refractivity contribution in [3.05, 3.63) is 32.5 Å². The Morgan fingerprint density at radius 1 is 1.18 bits per heavy atom. The molecule has 0 unspecified atom stereocenters. The number of ether oxygens (including phenoxy) is 1. The van der Waals surface area contributed by atoms with Crippen LogP contribution in [0.5, 0.6) is 0 Å². The minimum Gasteiger partial charge on any atom is -0.383 e. The van der Waals surface area contributed by atoms with E-state index in [1.54, 1.807) is 18.4 Å². The zero-order chi connectivity index (χ0) is 19.8. The van der Waals surface area contributed by atoms with E-state index in [2.05, 4.69) is 48.4 Å². The first-order chi connectivity index (χ1) is 13.0. The smallest absolute Gasteiger partial charge is 0.191 e. The minimum absolute atomic E-state index is 0. The summed E-state index contributed by atoms with van der Waals surface area (Å²) in [4.78, 5) is 10.6. The van der Waals surface area contributed by atoms with Crippen LogP contribution in [0, 0.1) is 27.7 Å². The summed E-state index contributed by atoms with van der Waals surface area (Å²) in [6.07, 6.45) is 0.900. The molecule has 0 aliphatic rings. The lowest BCUT2D eigenvalue weighted by Crippen LogP contribution is -2.38. The summed E-state index contributed by atoms with van der Waals surface area (Å²) in [6.45, 7) is 14.0. The second-order valence-electron chi connectivity index (χ2n) is 6.49. The van der Waals surface area contributed by atoms with Gasteiger partial charge in [-0.25, -0.2) is 9.98 Å². The number of thiazole rings is 1. The van der Waals surface area contributed by atoms with E-state index in [4.69, 9.17) is 9.73 Å². The molecule has 158 valence electrons. The number of aryl methyl sites for hydroxylation is 3. The Labute approximate surface area is 189 Å². The fraction of sp³-hybridized carbons (Fsp3) is 0.632. The van der Waals surface area contributed by atoms with E-state index in [-0.39, 0.29) is 24.0 Å². The average molecular weight is 520 g/mol. The van der Waals surface area contributed by atoms with Crippen LogP contribution < -0.4 is 10.6 Å². The molecule has 2 N–H and O–H groups in total. The zero-order valence-corrected chi connectivity index (χ0v) is 20.9. The highest BCUT2D eigenvalue weighted by molar-refractivity contribution is 14.0. The molecule has 0 fully saturated rings. The van der Waals surface area contributed by atoms with Gasteiger partial charge in [-0.05, 0) is 34.6 Å². The van der Waals surface area contributed by atoms with Gasteiger partial charge in [0.15, 0.2) is 5.96 Å². The minimum atomic E-state index is 0. The predicted octanol–water partition coefficient (Wildman–Crippen LogP) is 3.14. The van der Waals surface area contributed by atoms with Crippen LogP contribution in [0.25, 0.3) is 0 Å². The molecule has 9 heteroatoms. The van der Waals surface area contributed by atoms with Gasteiger partial charge in [-0.15, -0.1) is 35.3 Å². The van der Waals surface area contributed by atoms with Gasteiger partial charge in [-0.3, -0.25) is 4.68 Å². The maximum atomic E-state index is 5.16. The lowest BCUT2D eigenvalue weighted by molar-refractivity contribution is 0.182. The van der Waals surface area contributed by atoms with Gasteiger partial charge in [0.25, 0.3) is 0 Å². The molecule has 0 bridgehead atoms. The molecular weight excluding hydrogens is 487 g/mol. The molecule has 0 aliphatic carbocycles. The Hall–Kier alpha value is -1.20. The first kappa shape index (κ1) is 24.8. The van der Waals surface area contributed by atoms with Crippen molar-refractivity contribution < 1.29 is 4.74 Å². The summed E-state index contributed by atoms with van der Waals surface area (Å²) in [6, 6.07) is 0. The lowest BCUT2D eigenvalue weighted by Gasteiger charge is -2.11. The lowest BCUT2D eigenvalue weighted by atomic mass is 10.2. The fourth-order valence-corrected chi connectivity index (χ4v) is 3.73. The summed E-state index contributed by atoms with van der Waals surface area (Å²) < 4.78 is 7.15. The maximum absolute atomic E-state index is 5.16. The number of methoxy groups -OCH3 is 1. The Morgan fingerprint density at radius 3 is 2.54 bits per heavy atom. The molecule has 0 atom stereocenters. The SMILES string of the molecule is CCNC(=NCc1c(C)nn(CCOC)c1C)NCCc1nc(C)c(C)s1.I. The number of rotatable bonds is 9. The summed E-state index contributed by atoms with van der Waals surface area (Å²) in [7, 11) is 1.71. The van der Waals surface area contributed by atoms with Crippen LogP contribution in [-0.2, 0) is 24.2 Å². The van der Waals surface area contributed by atoms with Gasteiger partial charge < -0.3 is 15.4 Å². The van der Waals surface area contributed by atoms with Crippen LogP contribution >= 0.6 is 35.3 Å². The number of aliphatic imine (C=N–C) groups is 1.